The van der Waals surface area contributed by atoms with Crippen LogP contribution < -0.4 is 0 Å². The lowest BCUT2D eigenvalue weighted by molar-refractivity contribution is -0.176. The van der Waals surface area contributed by atoms with Crippen molar-refractivity contribution in [3.05, 3.63) is 15.6 Å². The second-order valence-electron chi connectivity index (χ2n) is 3.55. The summed E-state index contributed by atoms with van der Waals surface area (Å²) in [6.45, 7) is 0.178. The predicted molar refractivity (Wildman–Crippen MR) is 58.8 cm³/mol. The Bertz CT molecular complexity index is 417. The van der Waals surface area contributed by atoms with Crippen molar-refractivity contribution in [2.24, 2.45) is 0 Å². The first kappa shape index (κ1) is 14.9. The summed E-state index contributed by atoms with van der Waals surface area (Å²) in [6, 6.07) is 0. The minimum absolute atomic E-state index is 0.0717. The molecule has 1 heterocycles. The number of carboxylic acid groups (broad SMARTS) is 1. The maximum absolute atomic E-state index is 11.9. The van der Waals surface area contributed by atoms with Crippen molar-refractivity contribution in [1.82, 2.24) is 4.98 Å². The number of alkyl halides is 3. The highest BCUT2D eigenvalue weighted by Gasteiger charge is 2.27. The molecule has 0 saturated carbocycles. The van der Waals surface area contributed by atoms with Gasteiger partial charge in [0.1, 0.15) is 16.5 Å². The molecule has 102 valence electrons. The SMILES string of the molecule is CCCc1nc(COCC(F)(F)F)sc1C(=O)O. The van der Waals surface area contributed by atoms with E-state index < -0.39 is 18.8 Å². The van der Waals surface area contributed by atoms with Crippen molar-refractivity contribution >= 4 is 17.3 Å². The monoisotopic (exact) mass is 283 g/mol. The van der Waals surface area contributed by atoms with Gasteiger partial charge in [0, 0.05) is 0 Å². The van der Waals surface area contributed by atoms with Gasteiger partial charge in [-0.3, -0.25) is 0 Å². The van der Waals surface area contributed by atoms with Gasteiger partial charge < -0.3 is 9.84 Å². The molecule has 0 aliphatic heterocycles. The van der Waals surface area contributed by atoms with E-state index in [4.69, 9.17) is 5.11 Å². The highest BCUT2D eigenvalue weighted by Crippen LogP contribution is 2.22. The number of hydrogen-bond acceptors (Lipinski definition) is 4. The van der Waals surface area contributed by atoms with Crippen molar-refractivity contribution < 1.29 is 27.8 Å². The standard InChI is InChI=1S/C10H12F3NO3S/c1-2-3-6-8(9(15)16)18-7(14-6)4-17-5-10(11,12)13/h2-5H2,1H3,(H,15,16). The van der Waals surface area contributed by atoms with E-state index >= 15 is 0 Å². The zero-order chi connectivity index (χ0) is 13.8. The molecule has 4 nitrogen and oxygen atoms in total. The Labute approximate surface area is 105 Å². The molecule has 1 aromatic heterocycles. The number of thiazole rings is 1. The maximum atomic E-state index is 11.9. The molecule has 8 heteroatoms. The number of carboxylic acids is 1. The number of hydrogen-bond donors (Lipinski definition) is 1. The van der Waals surface area contributed by atoms with Crippen molar-refractivity contribution in [3.63, 3.8) is 0 Å². The quantitative estimate of drug-likeness (QED) is 0.872. The second kappa shape index (κ2) is 6.14. The third-order valence-electron chi connectivity index (χ3n) is 1.91. The smallest absolute Gasteiger partial charge is 0.411 e. The van der Waals surface area contributed by atoms with Crippen LogP contribution in [0, 0.1) is 0 Å². The molecule has 1 rings (SSSR count). The summed E-state index contributed by atoms with van der Waals surface area (Å²) < 4.78 is 40.0. The lowest BCUT2D eigenvalue weighted by Crippen LogP contribution is -2.16. The summed E-state index contributed by atoms with van der Waals surface area (Å²) in [5.74, 6) is -1.11. The van der Waals surface area contributed by atoms with Crippen LogP contribution in [0.25, 0.3) is 0 Å². The van der Waals surface area contributed by atoms with Crippen LogP contribution in [0.15, 0.2) is 0 Å². The minimum Gasteiger partial charge on any atom is -0.477 e. The molecular formula is C10H12F3NO3S. The summed E-state index contributed by atoms with van der Waals surface area (Å²) >= 11 is 0.855. The predicted octanol–water partition coefficient (Wildman–Crippen LogP) is 2.87. The lowest BCUT2D eigenvalue weighted by atomic mass is 10.2. The molecule has 0 aromatic carbocycles. The topological polar surface area (TPSA) is 59.4 Å². The van der Waals surface area contributed by atoms with Crippen molar-refractivity contribution in [1.29, 1.82) is 0 Å². The van der Waals surface area contributed by atoms with Gasteiger partial charge in [-0.2, -0.15) is 13.2 Å². The van der Waals surface area contributed by atoms with Crippen LogP contribution in [0.4, 0.5) is 13.2 Å². The largest absolute Gasteiger partial charge is 0.477 e. The number of halogens is 3. The first-order chi connectivity index (χ1) is 8.33. The Morgan fingerprint density at radius 3 is 2.67 bits per heavy atom. The maximum Gasteiger partial charge on any atom is 0.411 e. The highest BCUT2D eigenvalue weighted by molar-refractivity contribution is 7.13. The van der Waals surface area contributed by atoms with Crippen LogP contribution >= 0.6 is 11.3 Å². The molecule has 0 spiro atoms. The van der Waals surface area contributed by atoms with Gasteiger partial charge in [0.2, 0.25) is 0 Å². The summed E-state index contributed by atoms with van der Waals surface area (Å²) in [5, 5.41) is 9.16. The Morgan fingerprint density at radius 2 is 2.17 bits per heavy atom. The average molecular weight is 283 g/mol. The van der Waals surface area contributed by atoms with E-state index in [1.54, 1.807) is 0 Å². The van der Waals surface area contributed by atoms with Gasteiger partial charge in [0.05, 0.1) is 12.3 Å². The number of aromatic nitrogens is 1. The van der Waals surface area contributed by atoms with Crippen LogP contribution in [-0.4, -0.2) is 28.8 Å². The van der Waals surface area contributed by atoms with Crippen LogP contribution in [0.2, 0.25) is 0 Å². The first-order valence-corrected chi connectivity index (χ1v) is 6.01. The fourth-order valence-electron chi connectivity index (χ4n) is 1.29. The number of rotatable bonds is 6. The molecule has 1 N–H and O–H groups in total. The van der Waals surface area contributed by atoms with Gasteiger partial charge in [-0.15, -0.1) is 11.3 Å². The number of aryl methyl sites for hydroxylation is 1. The number of ether oxygens (including phenoxy) is 1. The molecule has 0 aliphatic carbocycles. The molecule has 0 radical (unpaired) electrons. The summed E-state index contributed by atoms with van der Waals surface area (Å²) in [4.78, 5) is 15.0. The van der Waals surface area contributed by atoms with E-state index in [0.717, 1.165) is 11.3 Å². The summed E-state index contributed by atoms with van der Waals surface area (Å²) in [7, 11) is 0. The number of carbonyl (C=O) groups is 1. The molecule has 1 aromatic rings. The molecular weight excluding hydrogens is 271 g/mol. The van der Waals surface area contributed by atoms with E-state index in [9.17, 15) is 18.0 Å². The van der Waals surface area contributed by atoms with Gasteiger partial charge in [-0.25, -0.2) is 9.78 Å². The zero-order valence-corrected chi connectivity index (χ0v) is 10.4. The minimum atomic E-state index is -4.39. The molecule has 0 fully saturated rings. The van der Waals surface area contributed by atoms with Crippen LogP contribution in [-0.2, 0) is 17.8 Å². The molecule has 0 saturated heterocycles. The van der Waals surface area contributed by atoms with Gasteiger partial charge in [0.25, 0.3) is 0 Å². The fraction of sp³-hybridized carbons (Fsp3) is 0.600. The third kappa shape index (κ3) is 4.61. The first-order valence-electron chi connectivity index (χ1n) is 5.20. The highest BCUT2D eigenvalue weighted by atomic mass is 32.1. The van der Waals surface area contributed by atoms with Gasteiger partial charge in [-0.1, -0.05) is 13.3 Å². The number of nitrogens with zero attached hydrogens (tertiary/aromatic N) is 1. The van der Waals surface area contributed by atoms with E-state index in [1.165, 1.54) is 0 Å². The normalized spacial score (nSPS) is 11.8. The molecule has 18 heavy (non-hydrogen) atoms. The van der Waals surface area contributed by atoms with Crippen LogP contribution in [0.1, 0.15) is 33.7 Å². The van der Waals surface area contributed by atoms with E-state index in [-0.39, 0.29) is 16.5 Å². The van der Waals surface area contributed by atoms with E-state index in [2.05, 4.69) is 9.72 Å². The second-order valence-corrected chi connectivity index (χ2v) is 4.63. The molecule has 0 amide bonds. The van der Waals surface area contributed by atoms with Crippen molar-refractivity contribution in [3.8, 4) is 0 Å². The fourth-order valence-corrected chi connectivity index (χ4v) is 2.18. The van der Waals surface area contributed by atoms with Gasteiger partial charge >= 0.3 is 12.1 Å². The molecule has 0 unspecified atom stereocenters. The molecule has 0 bridgehead atoms. The summed E-state index contributed by atoms with van der Waals surface area (Å²) in [6.07, 6.45) is -3.19. The third-order valence-corrected chi connectivity index (χ3v) is 2.97. The zero-order valence-electron chi connectivity index (χ0n) is 9.58. The average Bonchev–Trinajstić information content (AvgIpc) is 2.60. The van der Waals surface area contributed by atoms with Crippen molar-refractivity contribution in [2.75, 3.05) is 6.61 Å². The van der Waals surface area contributed by atoms with E-state index in [0.29, 0.717) is 18.5 Å². The summed E-state index contributed by atoms with van der Waals surface area (Å²) in [5.41, 5.74) is 0.403. The van der Waals surface area contributed by atoms with Crippen molar-refractivity contribution in [2.45, 2.75) is 32.5 Å². The van der Waals surface area contributed by atoms with Crippen LogP contribution in [0.5, 0.6) is 0 Å². The molecule has 0 atom stereocenters. The van der Waals surface area contributed by atoms with Gasteiger partial charge in [-0.05, 0) is 6.42 Å². The Kier molecular flexibility index (Phi) is 5.09. The van der Waals surface area contributed by atoms with E-state index in [1.807, 2.05) is 6.92 Å². The Balaban J connectivity index is 2.67. The molecule has 0 aliphatic rings. The Hall–Kier alpha value is -1.15. The Morgan fingerprint density at radius 1 is 1.50 bits per heavy atom. The van der Waals surface area contributed by atoms with Gasteiger partial charge in [0.15, 0.2) is 0 Å². The lowest BCUT2D eigenvalue weighted by Gasteiger charge is -2.05. The van der Waals surface area contributed by atoms with Crippen LogP contribution in [0.3, 0.4) is 0 Å². The number of aromatic carboxylic acids is 1.